The molecule has 1 fully saturated rings. The van der Waals surface area contributed by atoms with Crippen LogP contribution in [0.3, 0.4) is 0 Å². The van der Waals surface area contributed by atoms with Gasteiger partial charge in [0, 0.05) is 39.8 Å². The predicted molar refractivity (Wildman–Crippen MR) is 106 cm³/mol. The maximum absolute atomic E-state index is 13.3. The molecule has 144 valence electrons. The van der Waals surface area contributed by atoms with Gasteiger partial charge in [-0.15, -0.1) is 0 Å². The molecule has 27 heavy (non-hydrogen) atoms. The minimum absolute atomic E-state index is 0.140. The molecule has 2 aromatic rings. The van der Waals surface area contributed by atoms with Crippen molar-refractivity contribution in [3.8, 4) is 0 Å². The van der Waals surface area contributed by atoms with Crippen molar-refractivity contribution in [2.45, 2.75) is 24.9 Å². The van der Waals surface area contributed by atoms with Crippen molar-refractivity contribution in [3.63, 3.8) is 0 Å². The molecule has 1 heterocycles. The Kier molecular flexibility index (Phi) is 5.26. The number of benzene rings is 2. The van der Waals surface area contributed by atoms with E-state index in [9.17, 15) is 13.2 Å². The highest BCUT2D eigenvalue weighted by molar-refractivity contribution is 7.89. The molecule has 0 N–H and O–H groups in total. The Morgan fingerprint density at radius 1 is 1.00 bits per heavy atom. The van der Waals surface area contributed by atoms with Crippen molar-refractivity contribution in [2.24, 2.45) is 0 Å². The molecule has 0 aromatic heterocycles. The van der Waals surface area contributed by atoms with Gasteiger partial charge in [-0.2, -0.15) is 4.31 Å². The van der Waals surface area contributed by atoms with Gasteiger partial charge in [-0.1, -0.05) is 29.8 Å². The molecular formula is C20H25N3O3S. The van der Waals surface area contributed by atoms with Crippen LogP contribution in [0.25, 0.3) is 0 Å². The number of anilines is 1. The number of carbonyl (C=O) groups excluding carboxylic acids is 1. The first-order valence-electron chi connectivity index (χ1n) is 8.85. The largest absolute Gasteiger partial charge is 0.378 e. The highest BCUT2D eigenvalue weighted by Crippen LogP contribution is 2.35. The van der Waals surface area contributed by atoms with Gasteiger partial charge in [0.25, 0.3) is 0 Å². The molecule has 0 unspecified atom stereocenters. The second-order valence-corrected chi connectivity index (χ2v) is 8.89. The van der Waals surface area contributed by atoms with Crippen molar-refractivity contribution < 1.29 is 13.2 Å². The molecular weight excluding hydrogens is 362 g/mol. The number of amides is 1. The lowest BCUT2D eigenvalue weighted by Gasteiger charge is -2.30. The first kappa shape index (κ1) is 19.4. The van der Waals surface area contributed by atoms with E-state index < -0.39 is 16.2 Å². The van der Waals surface area contributed by atoms with Gasteiger partial charge in [-0.05, 0) is 36.8 Å². The van der Waals surface area contributed by atoms with Gasteiger partial charge >= 0.3 is 0 Å². The average Bonchev–Trinajstić information content (AvgIpc) is 3.08. The second-order valence-electron chi connectivity index (χ2n) is 7.00. The zero-order valence-electron chi connectivity index (χ0n) is 16.1. The molecule has 3 rings (SSSR count). The fraction of sp³-hybridized carbons (Fsp3) is 0.350. The summed E-state index contributed by atoms with van der Waals surface area (Å²) in [7, 11) is 0.173. The Morgan fingerprint density at radius 2 is 1.59 bits per heavy atom. The molecule has 0 radical (unpaired) electrons. The lowest BCUT2D eigenvalue weighted by atomic mass is 10.1. The first-order chi connectivity index (χ1) is 12.7. The Bertz CT molecular complexity index is 922. The average molecular weight is 388 g/mol. The monoisotopic (exact) mass is 387 g/mol. The van der Waals surface area contributed by atoms with E-state index in [1.807, 2.05) is 50.2 Å². The molecule has 1 saturated heterocycles. The molecule has 1 amide bonds. The van der Waals surface area contributed by atoms with E-state index in [1.54, 1.807) is 29.2 Å². The molecule has 1 aliphatic rings. The van der Waals surface area contributed by atoms with Crippen LogP contribution in [0.2, 0.25) is 0 Å². The topological polar surface area (TPSA) is 60.9 Å². The highest BCUT2D eigenvalue weighted by Gasteiger charge is 2.42. The fourth-order valence-corrected chi connectivity index (χ4v) is 4.90. The molecule has 7 heteroatoms. The van der Waals surface area contributed by atoms with Crippen LogP contribution in [-0.4, -0.2) is 50.7 Å². The molecule has 0 spiro atoms. The SMILES string of the molecule is CC(=O)N1CCN(S(=O)(=O)c2ccc(C)cc2)[C@@H]1c1ccc(N(C)C)cc1. The summed E-state index contributed by atoms with van der Waals surface area (Å²) in [6, 6.07) is 14.4. The van der Waals surface area contributed by atoms with Crippen LogP contribution in [0, 0.1) is 6.92 Å². The summed E-state index contributed by atoms with van der Waals surface area (Å²) in [5, 5.41) is 0. The normalized spacial score (nSPS) is 17.9. The molecule has 1 atom stereocenters. The second kappa shape index (κ2) is 7.32. The van der Waals surface area contributed by atoms with Crippen molar-refractivity contribution in [1.82, 2.24) is 9.21 Å². The van der Waals surface area contributed by atoms with Gasteiger partial charge in [-0.25, -0.2) is 8.42 Å². The van der Waals surface area contributed by atoms with Crippen molar-refractivity contribution in [3.05, 3.63) is 59.7 Å². The smallest absolute Gasteiger partial charge is 0.245 e. The van der Waals surface area contributed by atoms with Crippen LogP contribution in [0.1, 0.15) is 24.2 Å². The third kappa shape index (κ3) is 3.70. The number of hydrogen-bond acceptors (Lipinski definition) is 4. The van der Waals surface area contributed by atoms with E-state index in [0.29, 0.717) is 6.54 Å². The highest BCUT2D eigenvalue weighted by atomic mass is 32.2. The molecule has 1 aliphatic heterocycles. The molecule has 0 bridgehead atoms. The fourth-order valence-electron chi connectivity index (χ4n) is 3.32. The zero-order chi connectivity index (χ0) is 19.8. The molecule has 6 nitrogen and oxygen atoms in total. The van der Waals surface area contributed by atoms with E-state index >= 15 is 0 Å². The van der Waals surface area contributed by atoms with E-state index in [1.165, 1.54) is 11.2 Å². The lowest BCUT2D eigenvalue weighted by molar-refractivity contribution is -0.130. The van der Waals surface area contributed by atoms with Gasteiger partial charge in [0.15, 0.2) is 0 Å². The first-order valence-corrected chi connectivity index (χ1v) is 10.3. The van der Waals surface area contributed by atoms with Crippen LogP contribution in [0.15, 0.2) is 53.4 Å². The summed E-state index contributed by atoms with van der Waals surface area (Å²) < 4.78 is 27.9. The Balaban J connectivity index is 2.03. The number of carbonyl (C=O) groups is 1. The zero-order valence-corrected chi connectivity index (χ0v) is 16.9. The third-order valence-electron chi connectivity index (χ3n) is 4.87. The van der Waals surface area contributed by atoms with E-state index in [2.05, 4.69) is 0 Å². The summed E-state index contributed by atoms with van der Waals surface area (Å²) >= 11 is 0. The molecule has 0 aliphatic carbocycles. The lowest BCUT2D eigenvalue weighted by Crippen LogP contribution is -2.37. The van der Waals surface area contributed by atoms with Gasteiger partial charge in [0.05, 0.1) is 4.90 Å². The summed E-state index contributed by atoms with van der Waals surface area (Å²) in [5.74, 6) is -0.140. The van der Waals surface area contributed by atoms with Gasteiger partial charge in [-0.3, -0.25) is 4.79 Å². The van der Waals surface area contributed by atoms with Crippen molar-refractivity contribution >= 4 is 21.6 Å². The van der Waals surface area contributed by atoms with E-state index in [0.717, 1.165) is 16.8 Å². The maximum atomic E-state index is 13.3. The van der Waals surface area contributed by atoms with Crippen LogP contribution in [0.4, 0.5) is 5.69 Å². The number of hydrogen-bond donors (Lipinski definition) is 0. The molecule has 0 saturated carbocycles. The maximum Gasteiger partial charge on any atom is 0.245 e. The van der Waals surface area contributed by atoms with E-state index in [-0.39, 0.29) is 17.3 Å². The summed E-state index contributed by atoms with van der Waals surface area (Å²) in [6.45, 7) is 4.04. The van der Waals surface area contributed by atoms with Gasteiger partial charge in [0.2, 0.25) is 15.9 Å². The standard InChI is InChI=1S/C20H25N3O3S/c1-15-5-11-19(12-6-15)27(25,26)23-14-13-22(16(2)24)20(23)17-7-9-18(10-8-17)21(3)4/h5-12,20H,13-14H2,1-4H3/t20-/m1/s1. The summed E-state index contributed by atoms with van der Waals surface area (Å²) in [4.78, 5) is 16.0. The number of sulfonamides is 1. The van der Waals surface area contributed by atoms with Crippen molar-refractivity contribution in [2.75, 3.05) is 32.1 Å². The van der Waals surface area contributed by atoms with Crippen LogP contribution >= 0.6 is 0 Å². The van der Waals surface area contributed by atoms with E-state index in [4.69, 9.17) is 0 Å². The van der Waals surface area contributed by atoms with Crippen LogP contribution < -0.4 is 4.90 Å². The number of aryl methyl sites for hydroxylation is 1. The van der Waals surface area contributed by atoms with Crippen LogP contribution in [-0.2, 0) is 14.8 Å². The van der Waals surface area contributed by atoms with Gasteiger partial charge < -0.3 is 9.80 Å². The van der Waals surface area contributed by atoms with Crippen LogP contribution in [0.5, 0.6) is 0 Å². The Hall–Kier alpha value is -2.38. The Morgan fingerprint density at radius 3 is 2.11 bits per heavy atom. The predicted octanol–water partition coefficient (Wildman–Crippen LogP) is 2.61. The van der Waals surface area contributed by atoms with Crippen molar-refractivity contribution in [1.29, 1.82) is 0 Å². The summed E-state index contributed by atoms with van der Waals surface area (Å²) in [6.07, 6.45) is -0.634. The number of nitrogens with zero attached hydrogens (tertiary/aromatic N) is 3. The molecule has 2 aromatic carbocycles. The number of rotatable bonds is 4. The quantitative estimate of drug-likeness (QED) is 0.809. The minimum Gasteiger partial charge on any atom is -0.378 e. The third-order valence-corrected chi connectivity index (χ3v) is 6.74. The minimum atomic E-state index is -3.72. The summed E-state index contributed by atoms with van der Waals surface area (Å²) in [5.41, 5.74) is 2.79. The Labute approximate surface area is 161 Å². The van der Waals surface area contributed by atoms with Gasteiger partial charge in [0.1, 0.15) is 6.17 Å².